The maximum Gasteiger partial charge on any atom is 0.265 e. The Bertz CT molecular complexity index is 1070. The molecule has 1 saturated heterocycles. The highest BCUT2D eigenvalue weighted by Gasteiger charge is 2.32. The van der Waals surface area contributed by atoms with E-state index in [4.69, 9.17) is 11.6 Å². The molecule has 10 heteroatoms. The Hall–Kier alpha value is -1.74. The van der Waals surface area contributed by atoms with Crippen molar-refractivity contribution in [1.29, 1.82) is 0 Å². The molecule has 0 atom stereocenters. The van der Waals surface area contributed by atoms with Crippen LogP contribution in [0, 0.1) is 5.82 Å². The predicted octanol–water partition coefficient (Wildman–Crippen LogP) is 2.70. The minimum absolute atomic E-state index is 0.0121. The summed E-state index contributed by atoms with van der Waals surface area (Å²) in [6.07, 6.45) is 6.36. The third-order valence-electron chi connectivity index (χ3n) is 5.05. The molecular weight excluding hydrogens is 395 g/mol. The van der Waals surface area contributed by atoms with Crippen molar-refractivity contribution < 1.29 is 12.8 Å². The Kier molecular flexibility index (Phi) is 4.62. The number of sulfone groups is 1. The van der Waals surface area contributed by atoms with Crippen LogP contribution in [-0.4, -0.2) is 42.3 Å². The molecule has 27 heavy (non-hydrogen) atoms. The van der Waals surface area contributed by atoms with Gasteiger partial charge in [0.1, 0.15) is 16.7 Å². The second-order valence-electron chi connectivity index (χ2n) is 7.24. The van der Waals surface area contributed by atoms with Crippen LogP contribution in [0.1, 0.15) is 44.6 Å². The van der Waals surface area contributed by atoms with Gasteiger partial charge < -0.3 is 4.90 Å². The van der Waals surface area contributed by atoms with Crippen LogP contribution in [0.5, 0.6) is 0 Å². The fourth-order valence-corrected chi connectivity index (χ4v) is 4.35. The van der Waals surface area contributed by atoms with Gasteiger partial charge >= 0.3 is 0 Å². The first-order chi connectivity index (χ1) is 12.8. The highest BCUT2D eigenvalue weighted by Crippen LogP contribution is 2.38. The summed E-state index contributed by atoms with van der Waals surface area (Å²) in [5.74, 6) is -0.682. The third-order valence-corrected chi connectivity index (χ3v) is 6.25. The fourth-order valence-electron chi connectivity index (χ4n) is 3.53. The van der Waals surface area contributed by atoms with E-state index in [1.54, 1.807) is 0 Å². The lowest BCUT2D eigenvalue weighted by Gasteiger charge is -2.23. The Labute approximate surface area is 161 Å². The molecule has 0 radical (unpaired) electrons. The molecule has 2 fully saturated rings. The number of rotatable bonds is 3. The van der Waals surface area contributed by atoms with Crippen molar-refractivity contribution in [3.8, 4) is 0 Å². The van der Waals surface area contributed by atoms with E-state index >= 15 is 4.39 Å². The molecule has 4 rings (SSSR count). The molecule has 1 aliphatic heterocycles. The van der Waals surface area contributed by atoms with Gasteiger partial charge in [-0.05, 0) is 25.7 Å². The third kappa shape index (κ3) is 3.31. The van der Waals surface area contributed by atoms with Crippen LogP contribution < -0.4 is 10.5 Å². The minimum Gasteiger partial charge on any atom is -0.356 e. The van der Waals surface area contributed by atoms with E-state index in [1.807, 2.05) is 4.90 Å². The molecule has 146 valence electrons. The maximum atomic E-state index is 15.0. The van der Waals surface area contributed by atoms with Crippen LogP contribution in [-0.2, 0) is 9.84 Å². The number of hydrogen-bond donors (Lipinski definition) is 0. The van der Waals surface area contributed by atoms with Gasteiger partial charge in [0.2, 0.25) is 15.0 Å². The summed E-state index contributed by atoms with van der Waals surface area (Å²) in [7, 11) is -3.79. The molecule has 1 saturated carbocycles. The van der Waals surface area contributed by atoms with E-state index in [9.17, 15) is 13.2 Å². The highest BCUT2D eigenvalue weighted by atomic mass is 35.5. The second-order valence-corrected chi connectivity index (χ2v) is 9.51. The Morgan fingerprint density at radius 1 is 1.11 bits per heavy atom. The van der Waals surface area contributed by atoms with Crippen LogP contribution in [0.4, 0.5) is 10.2 Å². The lowest BCUT2D eigenvalue weighted by atomic mass is 10.2. The summed E-state index contributed by atoms with van der Waals surface area (Å²) in [5, 5.41) is -0.805. The molecule has 2 aromatic rings. The van der Waals surface area contributed by atoms with Crippen molar-refractivity contribution in [2.24, 2.45) is 0 Å². The summed E-state index contributed by atoms with van der Waals surface area (Å²) < 4.78 is 40.4. The summed E-state index contributed by atoms with van der Waals surface area (Å²) in [6.45, 7) is 1.25. The van der Waals surface area contributed by atoms with Crippen LogP contribution >= 0.6 is 11.6 Å². The molecule has 0 amide bonds. The van der Waals surface area contributed by atoms with E-state index in [2.05, 4.69) is 9.97 Å². The summed E-state index contributed by atoms with van der Waals surface area (Å²) in [5.41, 5.74) is -0.783. The van der Waals surface area contributed by atoms with Gasteiger partial charge in [0.25, 0.3) is 5.56 Å². The molecule has 3 heterocycles. The second kappa shape index (κ2) is 6.70. The topological polar surface area (TPSA) is 85.2 Å². The van der Waals surface area contributed by atoms with Gasteiger partial charge in [-0.15, -0.1) is 0 Å². The summed E-state index contributed by atoms with van der Waals surface area (Å²) in [6, 6.07) is -0.129. The zero-order valence-electron chi connectivity index (χ0n) is 14.9. The number of fused-ring (bicyclic) bond motifs is 1. The molecule has 0 N–H and O–H groups in total. The van der Waals surface area contributed by atoms with Gasteiger partial charge in [0.05, 0.1) is 0 Å². The first-order valence-corrected chi connectivity index (χ1v) is 11.3. The maximum absolute atomic E-state index is 15.0. The van der Waals surface area contributed by atoms with E-state index in [0.29, 0.717) is 13.1 Å². The molecule has 0 spiro atoms. The van der Waals surface area contributed by atoms with Gasteiger partial charge in [0, 0.05) is 25.4 Å². The van der Waals surface area contributed by atoms with Crippen LogP contribution in [0.25, 0.3) is 10.9 Å². The van der Waals surface area contributed by atoms with Gasteiger partial charge in [-0.25, -0.2) is 22.8 Å². The summed E-state index contributed by atoms with van der Waals surface area (Å²) >= 11 is 6.11. The van der Waals surface area contributed by atoms with Crippen LogP contribution in [0.3, 0.4) is 0 Å². The SMILES string of the molecule is CS(=O)(=O)c1nc(N2CCCCCC2)c2c(=O)n(C3CC3)c(Cl)c(F)c2n1. The van der Waals surface area contributed by atoms with Crippen molar-refractivity contribution in [3.05, 3.63) is 21.3 Å². The van der Waals surface area contributed by atoms with Gasteiger partial charge in [-0.1, -0.05) is 24.4 Å². The Morgan fingerprint density at radius 2 is 1.74 bits per heavy atom. The van der Waals surface area contributed by atoms with E-state index in [-0.39, 0.29) is 27.9 Å². The average molecular weight is 415 g/mol. The molecule has 0 aromatic carbocycles. The van der Waals surface area contributed by atoms with Crippen molar-refractivity contribution in [2.75, 3.05) is 24.2 Å². The first kappa shape index (κ1) is 18.6. The number of aromatic nitrogens is 3. The average Bonchev–Trinajstić information content (AvgIpc) is 3.45. The summed E-state index contributed by atoms with van der Waals surface area (Å²) in [4.78, 5) is 23.1. The molecule has 7 nitrogen and oxygen atoms in total. The van der Waals surface area contributed by atoms with E-state index in [0.717, 1.165) is 44.8 Å². The zero-order chi connectivity index (χ0) is 19.3. The largest absolute Gasteiger partial charge is 0.356 e. The lowest BCUT2D eigenvalue weighted by molar-refractivity contribution is 0.586. The monoisotopic (exact) mass is 414 g/mol. The number of halogens is 2. The lowest BCUT2D eigenvalue weighted by Crippen LogP contribution is -2.30. The number of pyridine rings is 1. The Balaban J connectivity index is 2.07. The highest BCUT2D eigenvalue weighted by molar-refractivity contribution is 7.90. The molecule has 2 aliphatic rings. The van der Waals surface area contributed by atoms with Crippen LogP contribution in [0.15, 0.2) is 9.95 Å². The number of anilines is 1. The van der Waals surface area contributed by atoms with Crippen molar-refractivity contribution in [2.45, 2.75) is 49.7 Å². The van der Waals surface area contributed by atoms with Gasteiger partial charge in [-0.3, -0.25) is 9.36 Å². The standard InChI is InChI=1S/C17H20ClFN4O3S/c1-27(25,26)17-20-13-11(15(21-17)22-8-4-2-3-5-9-22)16(24)23(10-6-7-10)14(18)12(13)19/h10H,2-9H2,1H3. The normalized spacial score (nSPS) is 18.7. The quantitative estimate of drug-likeness (QED) is 0.567. The van der Waals surface area contributed by atoms with Crippen molar-refractivity contribution in [1.82, 2.24) is 14.5 Å². The Morgan fingerprint density at radius 3 is 2.30 bits per heavy atom. The molecule has 2 aromatic heterocycles. The van der Waals surface area contributed by atoms with Crippen molar-refractivity contribution >= 4 is 38.2 Å². The van der Waals surface area contributed by atoms with Crippen molar-refractivity contribution in [3.63, 3.8) is 0 Å². The predicted molar refractivity (Wildman–Crippen MR) is 101 cm³/mol. The number of hydrogen-bond acceptors (Lipinski definition) is 6. The van der Waals surface area contributed by atoms with E-state index < -0.39 is 26.4 Å². The van der Waals surface area contributed by atoms with E-state index in [1.165, 1.54) is 4.57 Å². The zero-order valence-corrected chi connectivity index (χ0v) is 16.5. The fraction of sp³-hybridized carbons (Fsp3) is 0.588. The molecule has 0 bridgehead atoms. The molecule has 0 unspecified atom stereocenters. The van der Waals surface area contributed by atoms with Gasteiger partial charge in [-0.2, -0.15) is 0 Å². The smallest absolute Gasteiger partial charge is 0.265 e. The van der Waals surface area contributed by atoms with Gasteiger partial charge in [0.15, 0.2) is 11.0 Å². The van der Waals surface area contributed by atoms with Crippen LogP contribution in [0.2, 0.25) is 5.15 Å². The minimum atomic E-state index is -3.79. The molecule has 1 aliphatic carbocycles. The first-order valence-electron chi connectivity index (χ1n) is 9.05. The molecular formula is C17H20ClFN4O3S. The number of nitrogens with zero attached hydrogens (tertiary/aromatic N) is 4.